The fourth-order valence-electron chi connectivity index (χ4n) is 3.16. The molecule has 0 amide bonds. The topological polar surface area (TPSA) is 106 Å². The molecule has 29 heavy (non-hydrogen) atoms. The maximum atomic E-state index is 10.4. The van der Waals surface area contributed by atoms with Crippen LogP contribution in [0.3, 0.4) is 0 Å². The van der Waals surface area contributed by atoms with Gasteiger partial charge in [0.05, 0.1) is 0 Å². The molecule has 0 unspecified atom stereocenters. The predicted molar refractivity (Wildman–Crippen MR) is 109 cm³/mol. The first kappa shape index (κ1) is 22.4. The molecule has 0 saturated carbocycles. The number of hydrogen-bond acceptors (Lipinski definition) is 2. The number of hydrogen-bond donors (Lipinski definition) is 4. The van der Waals surface area contributed by atoms with Crippen LogP contribution in [0.25, 0.3) is 21.8 Å². The molecule has 0 spiro atoms. The average Bonchev–Trinajstić information content (AvgIpc) is 3.29. The molecule has 0 aliphatic carbocycles. The molecule has 2 heterocycles. The number of aromatic amines is 2. The summed E-state index contributed by atoms with van der Waals surface area (Å²) >= 11 is 0. The standard InChI is InChI=1S/2C11H11NO2.Zn/c2*13-11(14)6-5-8-7-12-10-4-2-1-3-9(8)10;/h2*1-4,7,12H,5-6H2,(H,13,14);. The van der Waals surface area contributed by atoms with Gasteiger partial charge in [0, 0.05) is 66.5 Å². The van der Waals surface area contributed by atoms with Crippen molar-refractivity contribution >= 4 is 33.7 Å². The Balaban J connectivity index is 0.000000200. The third-order valence-corrected chi connectivity index (χ3v) is 4.57. The number of aryl methyl sites for hydroxylation is 2. The first-order valence-corrected chi connectivity index (χ1v) is 9.08. The number of benzene rings is 2. The number of aromatic nitrogens is 2. The third kappa shape index (κ3) is 6.03. The smallest absolute Gasteiger partial charge is 0.303 e. The van der Waals surface area contributed by atoms with Gasteiger partial charge in [-0.2, -0.15) is 0 Å². The molecule has 2 aromatic carbocycles. The molecule has 4 rings (SSSR count). The zero-order valence-electron chi connectivity index (χ0n) is 16.0. The molecule has 0 aliphatic rings. The summed E-state index contributed by atoms with van der Waals surface area (Å²) in [5.74, 6) is -1.51. The molecule has 0 radical (unpaired) electrons. The first-order chi connectivity index (χ1) is 13.5. The molecule has 0 aliphatic heterocycles. The summed E-state index contributed by atoms with van der Waals surface area (Å²) in [4.78, 5) is 27.1. The molecule has 4 aromatic rings. The largest absolute Gasteiger partial charge is 0.481 e. The van der Waals surface area contributed by atoms with Gasteiger partial charge in [-0.05, 0) is 36.1 Å². The quantitative estimate of drug-likeness (QED) is 0.332. The van der Waals surface area contributed by atoms with Gasteiger partial charge in [-0.1, -0.05) is 36.4 Å². The monoisotopic (exact) mass is 442 g/mol. The maximum absolute atomic E-state index is 10.4. The van der Waals surface area contributed by atoms with Crippen molar-refractivity contribution in [1.82, 2.24) is 9.97 Å². The molecule has 6 nitrogen and oxygen atoms in total. The van der Waals surface area contributed by atoms with Crippen LogP contribution in [-0.2, 0) is 41.9 Å². The second-order valence-electron chi connectivity index (χ2n) is 6.51. The van der Waals surface area contributed by atoms with E-state index in [4.69, 9.17) is 10.2 Å². The molecule has 0 fully saturated rings. The van der Waals surface area contributed by atoms with E-state index >= 15 is 0 Å². The minimum Gasteiger partial charge on any atom is -0.481 e. The van der Waals surface area contributed by atoms with Crippen LogP contribution in [-0.4, -0.2) is 32.1 Å². The number of para-hydroxylation sites is 2. The predicted octanol–water partition coefficient (Wildman–Crippen LogP) is 4.37. The van der Waals surface area contributed by atoms with Crippen molar-refractivity contribution in [3.8, 4) is 0 Å². The SMILES string of the molecule is O=C(O)CCc1c[nH]c2ccccc12.O=C(O)CCc1c[nH]c2ccccc12.[Zn]. The Kier molecular flexibility index (Phi) is 8.16. The molecule has 0 saturated heterocycles. The van der Waals surface area contributed by atoms with Crippen molar-refractivity contribution < 1.29 is 39.3 Å². The van der Waals surface area contributed by atoms with Gasteiger partial charge in [-0.15, -0.1) is 0 Å². The van der Waals surface area contributed by atoms with Crippen LogP contribution in [0.15, 0.2) is 60.9 Å². The van der Waals surface area contributed by atoms with E-state index in [0.717, 1.165) is 32.9 Å². The molecular formula is C22H22N2O4Zn. The average molecular weight is 444 g/mol. The molecule has 2 aromatic heterocycles. The van der Waals surface area contributed by atoms with E-state index in [9.17, 15) is 9.59 Å². The fraction of sp³-hybridized carbons (Fsp3) is 0.182. The van der Waals surface area contributed by atoms with E-state index in [1.807, 2.05) is 60.9 Å². The zero-order chi connectivity index (χ0) is 19.9. The molecular weight excluding hydrogens is 422 g/mol. The minimum absolute atomic E-state index is 0. The zero-order valence-corrected chi connectivity index (χ0v) is 19.0. The van der Waals surface area contributed by atoms with Gasteiger partial charge in [0.15, 0.2) is 0 Å². The van der Waals surface area contributed by atoms with Gasteiger partial charge in [-0.25, -0.2) is 0 Å². The van der Waals surface area contributed by atoms with Crippen molar-refractivity contribution in [3.63, 3.8) is 0 Å². The van der Waals surface area contributed by atoms with Crippen LogP contribution in [0.1, 0.15) is 24.0 Å². The van der Waals surface area contributed by atoms with Crippen LogP contribution >= 0.6 is 0 Å². The van der Waals surface area contributed by atoms with Crippen LogP contribution < -0.4 is 0 Å². The normalized spacial score (nSPS) is 10.2. The number of aliphatic carboxylic acids is 2. The maximum Gasteiger partial charge on any atom is 0.303 e. The Morgan fingerprint density at radius 2 is 1.07 bits per heavy atom. The van der Waals surface area contributed by atoms with E-state index in [1.54, 1.807) is 0 Å². The van der Waals surface area contributed by atoms with E-state index in [2.05, 4.69) is 9.97 Å². The summed E-state index contributed by atoms with van der Waals surface area (Å²) in [6, 6.07) is 15.8. The Labute approximate surface area is 180 Å². The van der Waals surface area contributed by atoms with E-state index in [0.29, 0.717) is 12.8 Å². The van der Waals surface area contributed by atoms with Gasteiger partial charge in [0.1, 0.15) is 0 Å². The van der Waals surface area contributed by atoms with Crippen molar-refractivity contribution in [2.75, 3.05) is 0 Å². The van der Waals surface area contributed by atoms with E-state index in [1.165, 1.54) is 0 Å². The van der Waals surface area contributed by atoms with Gasteiger partial charge in [-0.3, -0.25) is 9.59 Å². The van der Waals surface area contributed by atoms with Crippen molar-refractivity contribution in [3.05, 3.63) is 72.1 Å². The van der Waals surface area contributed by atoms with Crippen LogP contribution in [0.5, 0.6) is 0 Å². The Morgan fingerprint density at radius 3 is 1.45 bits per heavy atom. The summed E-state index contributed by atoms with van der Waals surface area (Å²) in [5.41, 5.74) is 4.27. The van der Waals surface area contributed by atoms with Crippen LogP contribution in [0, 0.1) is 0 Å². The third-order valence-electron chi connectivity index (χ3n) is 4.57. The minimum atomic E-state index is -0.754. The van der Waals surface area contributed by atoms with E-state index in [-0.39, 0.29) is 32.3 Å². The number of carboxylic acids is 2. The van der Waals surface area contributed by atoms with Crippen LogP contribution in [0.4, 0.5) is 0 Å². The molecule has 146 valence electrons. The molecule has 4 N–H and O–H groups in total. The van der Waals surface area contributed by atoms with Crippen molar-refractivity contribution in [2.24, 2.45) is 0 Å². The van der Waals surface area contributed by atoms with Crippen molar-refractivity contribution in [1.29, 1.82) is 0 Å². The fourth-order valence-corrected chi connectivity index (χ4v) is 3.16. The van der Waals surface area contributed by atoms with E-state index < -0.39 is 11.9 Å². The Bertz CT molecular complexity index is 1010. The first-order valence-electron chi connectivity index (χ1n) is 9.08. The second kappa shape index (κ2) is 10.6. The summed E-state index contributed by atoms with van der Waals surface area (Å²) in [5, 5.41) is 19.4. The van der Waals surface area contributed by atoms with Gasteiger partial charge in [0.2, 0.25) is 0 Å². The summed E-state index contributed by atoms with van der Waals surface area (Å²) in [7, 11) is 0. The molecule has 0 bridgehead atoms. The second-order valence-corrected chi connectivity index (χ2v) is 6.51. The Hall–Kier alpha value is -2.92. The summed E-state index contributed by atoms with van der Waals surface area (Å²) in [6.45, 7) is 0. The molecule has 0 atom stereocenters. The van der Waals surface area contributed by atoms with Crippen LogP contribution in [0.2, 0.25) is 0 Å². The number of carbonyl (C=O) groups is 2. The molecule has 7 heteroatoms. The Morgan fingerprint density at radius 1 is 0.690 bits per heavy atom. The number of nitrogens with one attached hydrogen (secondary N) is 2. The number of carboxylic acid groups (broad SMARTS) is 2. The number of rotatable bonds is 6. The number of H-pyrrole nitrogens is 2. The summed E-state index contributed by atoms with van der Waals surface area (Å²) < 4.78 is 0. The van der Waals surface area contributed by atoms with Gasteiger partial charge in [0.25, 0.3) is 0 Å². The number of fused-ring (bicyclic) bond motifs is 2. The van der Waals surface area contributed by atoms with Crippen molar-refractivity contribution in [2.45, 2.75) is 25.7 Å². The summed E-state index contributed by atoms with van der Waals surface area (Å²) in [6.07, 6.45) is 5.30. The van der Waals surface area contributed by atoms with Gasteiger partial charge >= 0.3 is 11.9 Å². The van der Waals surface area contributed by atoms with Gasteiger partial charge < -0.3 is 20.2 Å².